The van der Waals surface area contributed by atoms with Crippen LogP contribution in [0.5, 0.6) is 5.75 Å². The van der Waals surface area contributed by atoms with Crippen molar-refractivity contribution in [1.29, 1.82) is 0 Å². The first kappa shape index (κ1) is 24.0. The van der Waals surface area contributed by atoms with Gasteiger partial charge in [-0.2, -0.15) is 0 Å². The van der Waals surface area contributed by atoms with Gasteiger partial charge in [-0.3, -0.25) is 4.90 Å². The van der Waals surface area contributed by atoms with E-state index >= 15 is 0 Å². The van der Waals surface area contributed by atoms with E-state index < -0.39 is 6.10 Å². The van der Waals surface area contributed by atoms with Crippen LogP contribution in [0.3, 0.4) is 0 Å². The summed E-state index contributed by atoms with van der Waals surface area (Å²) in [7, 11) is 0. The fourth-order valence-electron chi connectivity index (χ4n) is 3.97. The summed E-state index contributed by atoms with van der Waals surface area (Å²) in [6, 6.07) is 16.5. The molecule has 1 aliphatic rings. The Morgan fingerprint density at radius 1 is 1.06 bits per heavy atom. The van der Waals surface area contributed by atoms with Crippen LogP contribution in [0.15, 0.2) is 54.6 Å². The van der Waals surface area contributed by atoms with E-state index in [1.54, 1.807) is 6.92 Å². The summed E-state index contributed by atoms with van der Waals surface area (Å²) in [4.78, 5) is 14.5. The number of benzene rings is 2. The van der Waals surface area contributed by atoms with Gasteiger partial charge in [0, 0.05) is 32.7 Å². The first-order valence-corrected chi connectivity index (χ1v) is 11.6. The predicted octanol–water partition coefficient (Wildman–Crippen LogP) is 4.67. The zero-order valence-electron chi connectivity index (χ0n) is 19.5. The van der Waals surface area contributed by atoms with Crippen LogP contribution in [0.1, 0.15) is 37.0 Å². The second-order valence-corrected chi connectivity index (χ2v) is 7.99. The summed E-state index contributed by atoms with van der Waals surface area (Å²) in [6.45, 7) is 10.2. The molecule has 1 aliphatic heterocycles. The Bertz CT molecular complexity index is 891. The molecule has 0 fully saturated rings. The van der Waals surface area contributed by atoms with E-state index in [1.165, 1.54) is 16.7 Å². The van der Waals surface area contributed by atoms with Gasteiger partial charge in [0.25, 0.3) is 0 Å². The molecule has 0 saturated heterocycles. The molecule has 1 heterocycles. The van der Waals surface area contributed by atoms with E-state index in [9.17, 15) is 4.79 Å². The summed E-state index contributed by atoms with van der Waals surface area (Å²) in [5.41, 5.74) is 5.18. The van der Waals surface area contributed by atoms with Crippen LogP contribution >= 0.6 is 0 Å². The summed E-state index contributed by atoms with van der Waals surface area (Å²) >= 11 is 0. The van der Waals surface area contributed by atoms with Gasteiger partial charge in [0.1, 0.15) is 12.4 Å². The van der Waals surface area contributed by atoms with Gasteiger partial charge in [-0.1, -0.05) is 42.5 Å². The van der Waals surface area contributed by atoms with Crippen molar-refractivity contribution >= 4 is 11.5 Å². The predicted molar refractivity (Wildman–Crippen MR) is 128 cm³/mol. The van der Waals surface area contributed by atoms with Crippen LogP contribution in [-0.2, 0) is 20.7 Å². The van der Waals surface area contributed by atoms with Crippen LogP contribution in [0.2, 0.25) is 0 Å². The maximum atomic E-state index is 12.0. The van der Waals surface area contributed by atoms with E-state index in [-0.39, 0.29) is 5.97 Å². The Morgan fingerprint density at radius 2 is 1.84 bits per heavy atom. The molecule has 0 N–H and O–H groups in total. The fourth-order valence-corrected chi connectivity index (χ4v) is 3.97. The molecule has 2 aromatic carbocycles. The van der Waals surface area contributed by atoms with Crippen molar-refractivity contribution in [3.63, 3.8) is 0 Å². The maximum absolute atomic E-state index is 12.0. The van der Waals surface area contributed by atoms with E-state index in [0.29, 0.717) is 26.2 Å². The summed E-state index contributed by atoms with van der Waals surface area (Å²) < 4.78 is 16.6. The highest BCUT2D eigenvalue weighted by atomic mass is 16.6. The molecule has 1 unspecified atom stereocenters. The fraction of sp³-hybridized carbons (Fsp3) is 0.444. The number of hydrogen-bond donors (Lipinski definition) is 0. The number of esters is 1. The molecule has 3 rings (SSSR count). The van der Waals surface area contributed by atoms with Crippen LogP contribution in [0.25, 0.3) is 5.57 Å². The van der Waals surface area contributed by atoms with Crippen molar-refractivity contribution in [2.24, 2.45) is 0 Å². The number of hydrogen-bond acceptors (Lipinski definition) is 5. The number of aryl methyl sites for hydroxylation is 1. The largest absolute Gasteiger partial charge is 0.492 e. The third kappa shape index (κ3) is 6.94. The third-order valence-corrected chi connectivity index (χ3v) is 5.72. The quantitative estimate of drug-likeness (QED) is 0.478. The minimum atomic E-state index is -0.566. The van der Waals surface area contributed by atoms with Crippen molar-refractivity contribution in [1.82, 2.24) is 4.90 Å². The second kappa shape index (κ2) is 12.4. The highest BCUT2D eigenvalue weighted by Crippen LogP contribution is 2.25. The third-order valence-electron chi connectivity index (χ3n) is 5.72. The molecule has 0 amide bonds. The smallest absolute Gasteiger partial charge is 0.335 e. The van der Waals surface area contributed by atoms with Gasteiger partial charge in [0.15, 0.2) is 6.10 Å². The molecular weight excluding hydrogens is 402 g/mol. The Hall–Kier alpha value is -2.63. The van der Waals surface area contributed by atoms with E-state index in [1.807, 2.05) is 31.2 Å². The first-order chi connectivity index (χ1) is 15.6. The SMILES string of the molecule is CCOC(=O)C(Cc1ccc(OCCN2CC=C(c3ccccc3C)CC2)cc1)OCC. The number of nitrogens with zero attached hydrogens (tertiary/aromatic N) is 1. The van der Waals surface area contributed by atoms with Gasteiger partial charge in [0.2, 0.25) is 0 Å². The second-order valence-electron chi connectivity index (χ2n) is 7.99. The van der Waals surface area contributed by atoms with Crippen molar-refractivity contribution in [3.8, 4) is 5.75 Å². The average molecular weight is 438 g/mol. The Kier molecular flexibility index (Phi) is 9.32. The van der Waals surface area contributed by atoms with Gasteiger partial charge in [-0.25, -0.2) is 4.79 Å². The van der Waals surface area contributed by atoms with Gasteiger partial charge in [0.05, 0.1) is 6.61 Å². The average Bonchev–Trinajstić information content (AvgIpc) is 2.81. The topological polar surface area (TPSA) is 48.0 Å². The summed E-state index contributed by atoms with van der Waals surface area (Å²) in [5.74, 6) is 0.529. The number of carbonyl (C=O) groups is 1. The minimum absolute atomic E-state index is 0.309. The standard InChI is InChI=1S/C27H35NO4/c1-4-30-26(27(29)31-5-2)20-22-10-12-24(13-11-22)32-19-18-28-16-14-23(15-17-28)25-9-7-6-8-21(25)3/h6-14,26H,4-5,15-20H2,1-3H3. The molecule has 0 bridgehead atoms. The van der Waals surface area contributed by atoms with Crippen LogP contribution < -0.4 is 4.74 Å². The molecule has 0 aliphatic carbocycles. The Balaban J connectivity index is 1.44. The summed E-state index contributed by atoms with van der Waals surface area (Å²) in [6.07, 6.45) is 3.35. The molecule has 5 heteroatoms. The lowest BCUT2D eigenvalue weighted by atomic mass is 9.96. The zero-order chi connectivity index (χ0) is 22.8. The highest BCUT2D eigenvalue weighted by molar-refractivity contribution is 5.75. The summed E-state index contributed by atoms with van der Waals surface area (Å²) in [5, 5.41) is 0. The molecule has 32 heavy (non-hydrogen) atoms. The number of carbonyl (C=O) groups excluding carboxylic acids is 1. The molecular formula is C27H35NO4. The Labute approximate surface area is 192 Å². The van der Waals surface area contributed by atoms with E-state index in [4.69, 9.17) is 14.2 Å². The normalized spacial score (nSPS) is 15.2. The molecule has 172 valence electrons. The van der Waals surface area contributed by atoms with Crippen LogP contribution in [-0.4, -0.2) is 56.4 Å². The van der Waals surface area contributed by atoms with Crippen LogP contribution in [0.4, 0.5) is 0 Å². The zero-order valence-corrected chi connectivity index (χ0v) is 19.5. The van der Waals surface area contributed by atoms with Gasteiger partial charge in [-0.15, -0.1) is 0 Å². The number of ether oxygens (including phenoxy) is 3. The lowest BCUT2D eigenvalue weighted by molar-refractivity contribution is -0.156. The van der Waals surface area contributed by atoms with E-state index in [2.05, 4.69) is 42.2 Å². The lowest BCUT2D eigenvalue weighted by Crippen LogP contribution is -2.32. The van der Waals surface area contributed by atoms with Gasteiger partial charge >= 0.3 is 5.97 Å². The molecule has 0 saturated carbocycles. The van der Waals surface area contributed by atoms with Crippen molar-refractivity contribution in [2.45, 2.75) is 39.7 Å². The van der Waals surface area contributed by atoms with Gasteiger partial charge < -0.3 is 14.2 Å². The first-order valence-electron chi connectivity index (χ1n) is 11.6. The Morgan fingerprint density at radius 3 is 2.50 bits per heavy atom. The minimum Gasteiger partial charge on any atom is -0.492 e. The molecule has 0 spiro atoms. The van der Waals surface area contributed by atoms with Gasteiger partial charge in [-0.05, 0) is 61.6 Å². The highest BCUT2D eigenvalue weighted by Gasteiger charge is 2.20. The molecule has 2 aromatic rings. The van der Waals surface area contributed by atoms with E-state index in [0.717, 1.165) is 37.4 Å². The monoisotopic (exact) mass is 437 g/mol. The number of rotatable bonds is 11. The van der Waals surface area contributed by atoms with Crippen molar-refractivity contribution in [2.75, 3.05) is 39.5 Å². The molecule has 1 atom stereocenters. The maximum Gasteiger partial charge on any atom is 0.335 e. The van der Waals surface area contributed by atoms with Crippen molar-refractivity contribution < 1.29 is 19.0 Å². The van der Waals surface area contributed by atoms with Crippen molar-refractivity contribution in [3.05, 3.63) is 71.3 Å². The molecule has 5 nitrogen and oxygen atoms in total. The van der Waals surface area contributed by atoms with Crippen LogP contribution in [0, 0.1) is 6.92 Å². The molecule has 0 aromatic heterocycles. The molecule has 0 radical (unpaired) electrons. The lowest BCUT2D eigenvalue weighted by Gasteiger charge is -2.27.